The van der Waals surface area contributed by atoms with Crippen molar-refractivity contribution in [2.75, 3.05) is 0 Å². The smallest absolute Gasteiger partial charge is 0.314 e. The average Bonchev–Trinajstić information content (AvgIpc) is 3.19. The molecule has 1 saturated carbocycles. The van der Waals surface area contributed by atoms with Crippen LogP contribution < -0.4 is 10.1 Å². The third kappa shape index (κ3) is 3.68. The predicted molar refractivity (Wildman–Crippen MR) is 89.1 cm³/mol. The van der Waals surface area contributed by atoms with Gasteiger partial charge in [-0.05, 0) is 48.4 Å². The number of ether oxygens (including phenoxy) is 1. The predicted octanol–water partition coefficient (Wildman–Crippen LogP) is 2.60. The normalized spacial score (nSPS) is 19.8. The van der Waals surface area contributed by atoms with E-state index in [1.807, 2.05) is 0 Å². The number of hydrogen-bond donors (Lipinski definition) is 2. The number of carbonyl (C=O) groups is 3. The third-order valence-corrected chi connectivity index (χ3v) is 4.90. The molecular weight excluding hydrogens is 330 g/mol. The Morgan fingerprint density at radius 3 is 2.71 bits per heavy atom. The van der Waals surface area contributed by atoms with E-state index in [0.717, 1.165) is 37.4 Å². The molecule has 3 rings (SSSR count). The fraction of sp³-hybridized carbons (Fsp3) is 0.353. The monoisotopic (exact) mass is 347 g/mol. The molecule has 1 aromatic carbocycles. The van der Waals surface area contributed by atoms with Crippen LogP contribution in [0.4, 0.5) is 4.79 Å². The number of thioether (sulfide) groups is 1. The quantitative estimate of drug-likeness (QED) is 0.494. The van der Waals surface area contributed by atoms with Crippen LogP contribution in [0.5, 0.6) is 5.75 Å². The molecule has 2 fully saturated rings. The molecule has 0 radical (unpaired) electrons. The highest BCUT2D eigenvalue weighted by Crippen LogP contribution is 2.30. The van der Waals surface area contributed by atoms with E-state index >= 15 is 0 Å². The molecule has 0 unspecified atom stereocenters. The van der Waals surface area contributed by atoms with Crippen LogP contribution in [0.2, 0.25) is 0 Å². The van der Waals surface area contributed by atoms with Gasteiger partial charge < -0.3 is 9.84 Å². The molecule has 126 valence electrons. The summed E-state index contributed by atoms with van der Waals surface area (Å²) in [6.07, 6.45) is 5.33. The first-order chi connectivity index (χ1) is 11.6. The number of nitrogens with one attached hydrogen (secondary N) is 1. The maximum atomic E-state index is 12.1. The first-order valence-electron chi connectivity index (χ1n) is 7.77. The Morgan fingerprint density at radius 1 is 1.33 bits per heavy atom. The van der Waals surface area contributed by atoms with Gasteiger partial charge in [0.1, 0.15) is 5.75 Å². The molecule has 24 heavy (non-hydrogen) atoms. The summed E-state index contributed by atoms with van der Waals surface area (Å²) in [5.74, 6) is -0.434. The van der Waals surface area contributed by atoms with Crippen molar-refractivity contribution in [2.45, 2.75) is 32.3 Å². The van der Waals surface area contributed by atoms with Crippen molar-refractivity contribution in [3.05, 3.63) is 34.2 Å². The summed E-state index contributed by atoms with van der Waals surface area (Å²) in [5, 5.41) is 11.3. The van der Waals surface area contributed by atoms with Crippen molar-refractivity contribution in [3.8, 4) is 5.75 Å². The second-order valence-electron chi connectivity index (χ2n) is 5.78. The maximum Gasteiger partial charge on any atom is 0.314 e. The first kappa shape index (κ1) is 16.7. The first-order valence-corrected chi connectivity index (χ1v) is 8.59. The molecule has 6 nitrogen and oxygen atoms in total. The summed E-state index contributed by atoms with van der Waals surface area (Å²) >= 11 is 0.827. The molecule has 0 bridgehead atoms. The van der Waals surface area contributed by atoms with Crippen molar-refractivity contribution < 1.29 is 24.2 Å². The van der Waals surface area contributed by atoms with E-state index in [9.17, 15) is 19.5 Å². The zero-order chi connectivity index (χ0) is 17.1. The van der Waals surface area contributed by atoms with Crippen LogP contribution in [-0.4, -0.2) is 22.2 Å². The molecule has 2 amide bonds. The molecule has 1 aliphatic carbocycles. The van der Waals surface area contributed by atoms with E-state index in [4.69, 9.17) is 4.74 Å². The average molecular weight is 347 g/mol. The van der Waals surface area contributed by atoms with Crippen LogP contribution in [-0.2, 0) is 16.2 Å². The van der Waals surface area contributed by atoms with Gasteiger partial charge in [-0.1, -0.05) is 18.9 Å². The van der Waals surface area contributed by atoms with E-state index in [1.54, 1.807) is 24.3 Å². The topological polar surface area (TPSA) is 92.7 Å². The highest BCUT2D eigenvalue weighted by Gasteiger charge is 2.26. The van der Waals surface area contributed by atoms with E-state index in [0.29, 0.717) is 21.8 Å². The number of hydrogen-bond acceptors (Lipinski definition) is 6. The van der Waals surface area contributed by atoms with E-state index in [1.165, 1.54) is 0 Å². The van der Waals surface area contributed by atoms with Gasteiger partial charge in [-0.2, -0.15) is 0 Å². The van der Waals surface area contributed by atoms with Gasteiger partial charge in [0.05, 0.1) is 17.4 Å². The molecule has 7 heteroatoms. The number of rotatable bonds is 4. The fourth-order valence-corrected chi connectivity index (χ4v) is 3.52. The van der Waals surface area contributed by atoms with E-state index < -0.39 is 11.1 Å². The molecule has 2 aliphatic rings. The van der Waals surface area contributed by atoms with Gasteiger partial charge in [-0.25, -0.2) is 0 Å². The molecular formula is C17H17NO5S. The molecule has 0 spiro atoms. The number of esters is 1. The van der Waals surface area contributed by atoms with Gasteiger partial charge in [0.15, 0.2) is 0 Å². The van der Waals surface area contributed by atoms with Gasteiger partial charge >= 0.3 is 5.97 Å². The lowest BCUT2D eigenvalue weighted by Crippen LogP contribution is -2.18. The van der Waals surface area contributed by atoms with Gasteiger partial charge in [-0.15, -0.1) is 0 Å². The minimum Gasteiger partial charge on any atom is -0.426 e. The van der Waals surface area contributed by atoms with Crippen LogP contribution in [0.3, 0.4) is 0 Å². The van der Waals surface area contributed by atoms with Crippen molar-refractivity contribution in [2.24, 2.45) is 5.92 Å². The molecule has 0 atom stereocenters. The van der Waals surface area contributed by atoms with Crippen molar-refractivity contribution in [1.29, 1.82) is 0 Å². The van der Waals surface area contributed by atoms with Crippen LogP contribution in [0.1, 0.15) is 36.8 Å². The summed E-state index contributed by atoms with van der Waals surface area (Å²) in [6, 6.07) is 4.92. The molecule has 2 N–H and O–H groups in total. The Bertz CT molecular complexity index is 722. The van der Waals surface area contributed by atoms with Crippen molar-refractivity contribution >= 4 is 35.0 Å². The Balaban J connectivity index is 1.78. The van der Waals surface area contributed by atoms with Crippen LogP contribution >= 0.6 is 11.8 Å². The zero-order valence-corrected chi connectivity index (χ0v) is 13.7. The lowest BCUT2D eigenvalue weighted by molar-refractivity contribution is -0.138. The van der Waals surface area contributed by atoms with Gasteiger partial charge in [0.25, 0.3) is 11.1 Å². The molecule has 1 aliphatic heterocycles. The molecule has 0 aromatic heterocycles. The Labute approximate surface area is 143 Å². The van der Waals surface area contributed by atoms with Gasteiger partial charge in [-0.3, -0.25) is 19.7 Å². The standard InChI is InChI=1S/C17H17NO5S/c19-9-12-7-10(8-14-15(20)18-17(22)24-14)5-6-13(12)23-16(21)11-3-1-2-4-11/h5-8,11,19H,1-4,9H2,(H,18,20,22)/b14-8-. The van der Waals surface area contributed by atoms with Crippen molar-refractivity contribution in [1.82, 2.24) is 5.32 Å². The molecule has 1 aromatic rings. The Kier molecular flexibility index (Phi) is 5.01. The zero-order valence-electron chi connectivity index (χ0n) is 12.9. The second-order valence-corrected chi connectivity index (χ2v) is 6.79. The number of imide groups is 1. The maximum absolute atomic E-state index is 12.1. The van der Waals surface area contributed by atoms with Crippen LogP contribution in [0, 0.1) is 5.92 Å². The van der Waals surface area contributed by atoms with Crippen LogP contribution in [0.15, 0.2) is 23.1 Å². The Morgan fingerprint density at radius 2 is 2.08 bits per heavy atom. The van der Waals surface area contributed by atoms with Crippen LogP contribution in [0.25, 0.3) is 6.08 Å². The minimum atomic E-state index is -0.438. The SMILES string of the molecule is O=C1NC(=O)/C(=C/c2ccc(OC(=O)C3CCCC3)c(CO)c2)S1. The third-order valence-electron chi connectivity index (χ3n) is 4.09. The summed E-state index contributed by atoms with van der Waals surface area (Å²) in [5.41, 5.74) is 1.11. The lowest BCUT2D eigenvalue weighted by Gasteiger charge is -2.12. The van der Waals surface area contributed by atoms with Crippen molar-refractivity contribution in [3.63, 3.8) is 0 Å². The summed E-state index contributed by atoms with van der Waals surface area (Å²) in [7, 11) is 0. The minimum absolute atomic E-state index is 0.0667. The summed E-state index contributed by atoms with van der Waals surface area (Å²) in [6.45, 7) is -0.289. The van der Waals surface area contributed by atoms with E-state index in [2.05, 4.69) is 5.32 Å². The largest absolute Gasteiger partial charge is 0.426 e. The number of aliphatic hydroxyl groups is 1. The molecule has 1 saturated heterocycles. The number of benzene rings is 1. The van der Waals surface area contributed by atoms with E-state index in [-0.39, 0.29) is 18.5 Å². The second kappa shape index (κ2) is 7.19. The fourth-order valence-electron chi connectivity index (χ4n) is 2.84. The summed E-state index contributed by atoms with van der Waals surface area (Å²) in [4.78, 5) is 35.1. The van der Waals surface area contributed by atoms with Gasteiger partial charge in [0, 0.05) is 5.56 Å². The highest BCUT2D eigenvalue weighted by molar-refractivity contribution is 8.18. The summed E-state index contributed by atoms with van der Waals surface area (Å²) < 4.78 is 5.43. The van der Waals surface area contributed by atoms with Gasteiger partial charge in [0.2, 0.25) is 0 Å². The number of aliphatic hydroxyl groups excluding tert-OH is 1. The molecule has 1 heterocycles. The number of amides is 2. The highest BCUT2D eigenvalue weighted by atomic mass is 32.2. The Hall–Kier alpha value is -2.12. The number of carbonyl (C=O) groups excluding carboxylic acids is 3. The lowest BCUT2D eigenvalue weighted by atomic mass is 10.1.